The number of hydrogen-bond acceptors (Lipinski definition) is 5. The lowest BCUT2D eigenvalue weighted by molar-refractivity contribution is -1.22. The van der Waals surface area contributed by atoms with Crippen LogP contribution in [-0.4, -0.2) is 14.6 Å². The first-order chi connectivity index (χ1) is 9.44. The van der Waals surface area contributed by atoms with Crippen molar-refractivity contribution in [2.45, 2.75) is 6.61 Å². The molecule has 1 N–H and O–H groups in total. The Bertz CT molecular complexity index is 576. The maximum absolute atomic E-state index is 13.3. The van der Waals surface area contributed by atoms with E-state index in [1.807, 2.05) is 0 Å². The number of pyridine rings is 1. The Balaban J connectivity index is 1.96. The molecule has 2 rings (SSSR count). The van der Waals surface area contributed by atoms with Crippen molar-refractivity contribution in [2.75, 3.05) is 0 Å². The molecule has 0 aliphatic rings. The summed E-state index contributed by atoms with van der Waals surface area (Å²) in [6.07, 6.45) is 1.46. The zero-order valence-electron chi connectivity index (χ0n) is 10.1. The summed E-state index contributed by atoms with van der Waals surface area (Å²) in [4.78, 5) is 8.24. The molecule has 0 spiro atoms. The summed E-state index contributed by atoms with van der Waals surface area (Å²) >= 11 is 3.12. The van der Waals surface area contributed by atoms with E-state index in [0.717, 1.165) is 0 Å². The van der Waals surface area contributed by atoms with E-state index in [1.54, 1.807) is 0 Å². The summed E-state index contributed by atoms with van der Waals surface area (Å²) in [6.45, 7) is -0.0391. The zero-order chi connectivity index (χ0) is 14.6. The lowest BCUT2D eigenvalue weighted by Gasteiger charge is -2.09. The second-order valence-corrected chi connectivity index (χ2v) is 4.25. The summed E-state index contributed by atoms with van der Waals surface area (Å²) in [7, 11) is 0. The van der Waals surface area contributed by atoms with Crippen LogP contribution in [0.3, 0.4) is 0 Å². The van der Waals surface area contributed by atoms with Crippen LogP contribution in [0, 0.1) is 5.82 Å². The van der Waals surface area contributed by atoms with Crippen LogP contribution >= 0.6 is 12.8 Å². The highest BCUT2D eigenvalue weighted by atomic mass is 32.1. The molecule has 1 heterocycles. The molecule has 0 radical (unpaired) electrons. The van der Waals surface area contributed by atoms with E-state index >= 15 is 0 Å². The fraction of sp³-hybridized carbons (Fsp3) is 0.0833. The number of aromatic nitrogens is 1. The minimum atomic E-state index is -2.43. The van der Waals surface area contributed by atoms with Crippen molar-refractivity contribution >= 4 is 12.8 Å². The van der Waals surface area contributed by atoms with Crippen molar-refractivity contribution in [3.63, 3.8) is 0 Å². The maximum atomic E-state index is 13.3. The van der Waals surface area contributed by atoms with Gasteiger partial charge in [-0.1, -0.05) is 0 Å². The SMILES string of the molecule is O[N+](F)(S)Oc1ccc(OCc2ncccc2F)cc1. The zero-order valence-corrected chi connectivity index (χ0v) is 11.0. The average Bonchev–Trinajstić information content (AvgIpc) is 2.38. The number of nitrogens with zero attached hydrogens (tertiary/aromatic N) is 2. The molecule has 0 saturated heterocycles. The van der Waals surface area contributed by atoms with E-state index in [0.29, 0.717) is 5.75 Å². The normalized spacial score (nSPS) is 13.6. The van der Waals surface area contributed by atoms with E-state index in [-0.39, 0.29) is 18.1 Å². The van der Waals surface area contributed by atoms with Gasteiger partial charge in [-0.3, -0.25) is 4.98 Å². The third-order valence-corrected chi connectivity index (χ3v) is 2.34. The third kappa shape index (κ3) is 4.34. The monoisotopic (exact) mass is 301 g/mol. The summed E-state index contributed by atoms with van der Waals surface area (Å²) in [6, 6.07) is 8.44. The number of benzene rings is 1. The van der Waals surface area contributed by atoms with E-state index in [1.165, 1.54) is 42.6 Å². The number of ether oxygens (including phenoxy) is 1. The van der Waals surface area contributed by atoms with Gasteiger partial charge in [0, 0.05) is 6.20 Å². The van der Waals surface area contributed by atoms with Crippen molar-refractivity contribution in [1.29, 1.82) is 0 Å². The van der Waals surface area contributed by atoms with Gasteiger partial charge in [0.2, 0.25) is 10.2 Å². The van der Waals surface area contributed by atoms with E-state index in [4.69, 9.17) is 9.94 Å². The topological polar surface area (TPSA) is 51.6 Å². The molecular formula is C12H11F2N2O3S+. The van der Waals surface area contributed by atoms with Crippen molar-refractivity contribution in [2.24, 2.45) is 0 Å². The Labute approximate surface area is 119 Å². The van der Waals surface area contributed by atoms with Crippen molar-refractivity contribution in [3.05, 3.63) is 54.1 Å². The maximum Gasteiger partial charge on any atom is 0.244 e. The van der Waals surface area contributed by atoms with Crippen LogP contribution in [-0.2, 0) is 6.61 Å². The van der Waals surface area contributed by atoms with E-state index in [2.05, 4.69) is 22.6 Å². The molecular weight excluding hydrogens is 290 g/mol. The molecule has 2 aromatic rings. The van der Waals surface area contributed by atoms with Crippen LogP contribution in [0.5, 0.6) is 11.5 Å². The lowest BCUT2D eigenvalue weighted by Crippen LogP contribution is -2.27. The van der Waals surface area contributed by atoms with Crippen LogP contribution < -0.4 is 9.57 Å². The second kappa shape index (κ2) is 6.04. The number of quaternary nitrogens is 1. The van der Waals surface area contributed by atoms with Crippen LogP contribution in [0.4, 0.5) is 8.87 Å². The highest BCUT2D eigenvalue weighted by Crippen LogP contribution is 2.22. The summed E-state index contributed by atoms with van der Waals surface area (Å²) in [5.41, 5.74) is 0.179. The molecule has 0 bridgehead atoms. The number of thiol groups is 1. The number of rotatable bonds is 5. The number of halogens is 2. The minimum absolute atomic E-state index is 0.0391. The molecule has 1 unspecified atom stereocenters. The van der Waals surface area contributed by atoms with Gasteiger partial charge in [-0.05, 0) is 36.4 Å². The first-order valence-electron chi connectivity index (χ1n) is 5.50. The third-order valence-electron chi connectivity index (χ3n) is 2.26. The highest BCUT2D eigenvalue weighted by Gasteiger charge is 2.24. The Morgan fingerprint density at radius 1 is 1.20 bits per heavy atom. The van der Waals surface area contributed by atoms with Crippen molar-refractivity contribution < 1.29 is 28.1 Å². The molecule has 8 heteroatoms. The predicted molar refractivity (Wildman–Crippen MR) is 67.7 cm³/mol. The van der Waals surface area contributed by atoms with Crippen LogP contribution in [0.15, 0.2) is 42.6 Å². The van der Waals surface area contributed by atoms with Gasteiger partial charge in [-0.25, -0.2) is 9.23 Å². The average molecular weight is 301 g/mol. The second-order valence-electron chi connectivity index (χ2n) is 3.76. The van der Waals surface area contributed by atoms with E-state index in [9.17, 15) is 8.87 Å². The first kappa shape index (κ1) is 14.5. The quantitative estimate of drug-likeness (QED) is 0.506. The Morgan fingerprint density at radius 2 is 1.85 bits per heavy atom. The molecule has 1 atom stereocenters. The summed E-state index contributed by atoms with van der Waals surface area (Å²) < 4.78 is 28.8. The summed E-state index contributed by atoms with van der Waals surface area (Å²) in [5, 5.41) is 8.65. The largest absolute Gasteiger partial charge is 0.487 e. The van der Waals surface area contributed by atoms with Gasteiger partial charge in [-0.15, -0.1) is 5.21 Å². The van der Waals surface area contributed by atoms with Gasteiger partial charge in [0.15, 0.2) is 12.8 Å². The fourth-order valence-corrected chi connectivity index (χ4v) is 1.50. The van der Waals surface area contributed by atoms with Crippen LogP contribution in [0.25, 0.3) is 0 Å². The number of hydrogen-bond donors (Lipinski definition) is 2. The van der Waals surface area contributed by atoms with Crippen LogP contribution in [0.1, 0.15) is 5.69 Å². The smallest absolute Gasteiger partial charge is 0.244 e. The van der Waals surface area contributed by atoms with Crippen LogP contribution in [0.2, 0.25) is 0 Å². The Hall–Kier alpha value is -1.90. The molecule has 0 fully saturated rings. The molecule has 0 amide bonds. The Morgan fingerprint density at radius 3 is 2.45 bits per heavy atom. The molecule has 5 nitrogen and oxygen atoms in total. The molecule has 106 valence electrons. The molecule has 1 aromatic carbocycles. The van der Waals surface area contributed by atoms with Gasteiger partial charge >= 0.3 is 0 Å². The van der Waals surface area contributed by atoms with E-state index < -0.39 is 10.3 Å². The van der Waals surface area contributed by atoms with Gasteiger partial charge in [-0.2, -0.15) is 0 Å². The predicted octanol–water partition coefficient (Wildman–Crippen LogP) is 3.03. The standard InChI is InChI=1S/C12H11F2N2O3S/c13-11-2-1-7-15-12(11)8-18-9-3-5-10(6-4-9)19-16(14,17)20/h1-7,17,20H,8H2/q+1. The fourth-order valence-electron chi connectivity index (χ4n) is 1.41. The van der Waals surface area contributed by atoms with Crippen molar-refractivity contribution in [1.82, 2.24) is 4.98 Å². The molecule has 0 saturated carbocycles. The van der Waals surface area contributed by atoms with Gasteiger partial charge in [0.1, 0.15) is 28.3 Å². The lowest BCUT2D eigenvalue weighted by atomic mass is 10.3. The first-order valence-corrected chi connectivity index (χ1v) is 5.90. The van der Waals surface area contributed by atoms with Gasteiger partial charge in [0.05, 0.1) is 0 Å². The molecule has 20 heavy (non-hydrogen) atoms. The van der Waals surface area contributed by atoms with Crippen molar-refractivity contribution in [3.8, 4) is 11.5 Å². The molecule has 1 aromatic heterocycles. The Kier molecular flexibility index (Phi) is 4.38. The highest BCUT2D eigenvalue weighted by molar-refractivity contribution is 7.73. The minimum Gasteiger partial charge on any atom is -0.487 e. The molecule has 0 aliphatic carbocycles. The summed E-state index contributed by atoms with van der Waals surface area (Å²) in [5.74, 6) is 0.000141. The van der Waals surface area contributed by atoms with Gasteiger partial charge in [0.25, 0.3) is 0 Å². The van der Waals surface area contributed by atoms with Gasteiger partial charge < -0.3 is 4.74 Å². The molecule has 0 aliphatic heterocycles.